The second-order valence-corrected chi connectivity index (χ2v) is 5.14. The highest BCUT2D eigenvalue weighted by Gasteiger charge is 2.23. The number of hydrogen-bond acceptors (Lipinski definition) is 4. The smallest absolute Gasteiger partial charge is 0.311 e. The van der Waals surface area contributed by atoms with Gasteiger partial charge in [-0.15, -0.1) is 0 Å². The maximum Gasteiger partial charge on any atom is 0.311 e. The first-order valence-corrected chi connectivity index (χ1v) is 6.51. The predicted octanol–water partition coefficient (Wildman–Crippen LogP) is 3.27. The van der Waals surface area contributed by atoms with Gasteiger partial charge < -0.3 is 4.90 Å². The number of halogens is 1. The lowest BCUT2D eigenvalue weighted by atomic mass is 10.0. The molecule has 0 bridgehead atoms. The highest BCUT2D eigenvalue weighted by atomic mass is 35.5. The molecule has 0 saturated carbocycles. The molecular formula is C12H16ClN3O2. The Morgan fingerprint density at radius 2 is 2.22 bits per heavy atom. The van der Waals surface area contributed by atoms with Gasteiger partial charge in [-0.1, -0.05) is 18.5 Å². The van der Waals surface area contributed by atoms with Crippen molar-refractivity contribution in [1.82, 2.24) is 4.98 Å². The minimum Gasteiger partial charge on any atom is -0.351 e. The number of anilines is 1. The van der Waals surface area contributed by atoms with Gasteiger partial charge in [0.15, 0.2) is 0 Å². The number of rotatable bonds is 2. The van der Waals surface area contributed by atoms with Crippen LogP contribution in [0.5, 0.6) is 0 Å². The molecule has 1 aliphatic rings. The van der Waals surface area contributed by atoms with Crippen molar-refractivity contribution in [3.05, 3.63) is 27.4 Å². The van der Waals surface area contributed by atoms with E-state index in [1.165, 1.54) is 12.1 Å². The largest absolute Gasteiger partial charge is 0.351 e. The van der Waals surface area contributed by atoms with Crippen molar-refractivity contribution in [2.24, 2.45) is 5.92 Å². The number of nitro groups is 1. The van der Waals surface area contributed by atoms with E-state index >= 15 is 0 Å². The van der Waals surface area contributed by atoms with Crippen LogP contribution in [0.2, 0.25) is 5.15 Å². The molecule has 0 N–H and O–H groups in total. The topological polar surface area (TPSA) is 59.3 Å². The molecule has 0 aromatic carbocycles. The Morgan fingerprint density at radius 3 is 2.94 bits per heavy atom. The average Bonchev–Trinajstić information content (AvgIpc) is 2.53. The van der Waals surface area contributed by atoms with Gasteiger partial charge in [0.1, 0.15) is 5.15 Å². The maximum absolute atomic E-state index is 11.0. The molecule has 18 heavy (non-hydrogen) atoms. The van der Waals surface area contributed by atoms with E-state index in [4.69, 9.17) is 11.6 Å². The molecule has 2 rings (SSSR count). The van der Waals surface area contributed by atoms with E-state index in [1.54, 1.807) is 0 Å². The van der Waals surface area contributed by atoms with E-state index in [9.17, 15) is 10.1 Å². The fraction of sp³-hybridized carbons (Fsp3) is 0.583. The van der Waals surface area contributed by atoms with Crippen LogP contribution < -0.4 is 4.90 Å². The van der Waals surface area contributed by atoms with Crippen LogP contribution in [-0.2, 0) is 0 Å². The molecule has 1 aliphatic heterocycles. The standard InChI is InChI=1S/C12H16ClN3O2/c1-9-3-2-7-15(8-6-9)12-10(16(17)18)4-5-11(13)14-12/h4-5,9H,2-3,6-8H2,1H3. The van der Waals surface area contributed by atoms with E-state index in [0.29, 0.717) is 16.9 Å². The number of aromatic nitrogens is 1. The summed E-state index contributed by atoms with van der Waals surface area (Å²) >= 11 is 5.85. The molecule has 2 heterocycles. The summed E-state index contributed by atoms with van der Waals surface area (Å²) in [4.78, 5) is 16.7. The fourth-order valence-electron chi connectivity index (χ4n) is 2.27. The minimum absolute atomic E-state index is 0.0361. The van der Waals surface area contributed by atoms with Gasteiger partial charge in [0.05, 0.1) is 4.92 Å². The summed E-state index contributed by atoms with van der Waals surface area (Å²) in [5.41, 5.74) is 0.0361. The summed E-state index contributed by atoms with van der Waals surface area (Å²) in [6.45, 7) is 3.82. The summed E-state index contributed by atoms with van der Waals surface area (Å²) in [7, 11) is 0. The molecule has 1 fully saturated rings. The molecule has 6 heteroatoms. The van der Waals surface area contributed by atoms with Gasteiger partial charge >= 0.3 is 5.69 Å². The third-order valence-electron chi connectivity index (χ3n) is 3.33. The Kier molecular flexibility index (Phi) is 4.01. The highest BCUT2D eigenvalue weighted by molar-refractivity contribution is 6.29. The predicted molar refractivity (Wildman–Crippen MR) is 71.1 cm³/mol. The van der Waals surface area contributed by atoms with Crippen molar-refractivity contribution in [1.29, 1.82) is 0 Å². The van der Waals surface area contributed by atoms with E-state index in [0.717, 1.165) is 32.4 Å². The second kappa shape index (κ2) is 5.52. The third kappa shape index (κ3) is 2.90. The van der Waals surface area contributed by atoms with Crippen molar-refractivity contribution < 1.29 is 4.92 Å². The van der Waals surface area contributed by atoms with Crippen LogP contribution in [0.25, 0.3) is 0 Å². The summed E-state index contributed by atoms with van der Waals surface area (Å²) in [6, 6.07) is 2.89. The Hall–Kier alpha value is -1.36. The Bertz CT molecular complexity index is 453. The summed E-state index contributed by atoms with van der Waals surface area (Å²) in [5.74, 6) is 1.06. The van der Waals surface area contributed by atoms with Crippen molar-refractivity contribution in [2.45, 2.75) is 26.2 Å². The average molecular weight is 270 g/mol. The quantitative estimate of drug-likeness (QED) is 0.470. The van der Waals surface area contributed by atoms with Crippen LogP contribution in [-0.4, -0.2) is 23.0 Å². The first-order valence-electron chi connectivity index (χ1n) is 6.14. The molecule has 5 nitrogen and oxygen atoms in total. The van der Waals surface area contributed by atoms with Crippen LogP contribution in [0.3, 0.4) is 0 Å². The van der Waals surface area contributed by atoms with Crippen molar-refractivity contribution in [2.75, 3.05) is 18.0 Å². The zero-order valence-electron chi connectivity index (χ0n) is 10.3. The third-order valence-corrected chi connectivity index (χ3v) is 3.54. The Morgan fingerprint density at radius 1 is 1.44 bits per heavy atom. The normalized spacial score (nSPS) is 20.6. The van der Waals surface area contributed by atoms with Gasteiger partial charge in [-0.05, 0) is 31.2 Å². The molecule has 0 radical (unpaired) electrons. The zero-order valence-corrected chi connectivity index (χ0v) is 11.1. The highest BCUT2D eigenvalue weighted by Crippen LogP contribution is 2.30. The SMILES string of the molecule is CC1CCCN(c2nc(Cl)ccc2[N+](=O)[O-])CC1. The van der Waals surface area contributed by atoms with Crippen LogP contribution in [0.1, 0.15) is 26.2 Å². The summed E-state index contributed by atoms with van der Waals surface area (Å²) in [6.07, 6.45) is 3.22. The second-order valence-electron chi connectivity index (χ2n) is 4.76. The molecule has 0 amide bonds. The van der Waals surface area contributed by atoms with Gasteiger partial charge in [0.25, 0.3) is 0 Å². The maximum atomic E-state index is 11.0. The van der Waals surface area contributed by atoms with Crippen LogP contribution in [0.4, 0.5) is 11.5 Å². The molecule has 1 unspecified atom stereocenters. The Labute approximate surface area is 111 Å². The van der Waals surface area contributed by atoms with Crippen LogP contribution in [0.15, 0.2) is 12.1 Å². The lowest BCUT2D eigenvalue weighted by molar-refractivity contribution is -0.384. The number of nitrogens with zero attached hydrogens (tertiary/aromatic N) is 3. The molecule has 0 aliphatic carbocycles. The summed E-state index contributed by atoms with van der Waals surface area (Å²) < 4.78 is 0. The van der Waals surface area contributed by atoms with Gasteiger partial charge in [-0.3, -0.25) is 10.1 Å². The molecule has 1 atom stereocenters. The first kappa shape index (κ1) is 13.1. The number of hydrogen-bond donors (Lipinski definition) is 0. The van der Waals surface area contributed by atoms with Gasteiger partial charge in [-0.2, -0.15) is 0 Å². The molecule has 0 spiro atoms. The van der Waals surface area contributed by atoms with Crippen molar-refractivity contribution >= 4 is 23.1 Å². The van der Waals surface area contributed by atoms with Gasteiger partial charge in [-0.25, -0.2) is 4.98 Å². The monoisotopic (exact) mass is 269 g/mol. The van der Waals surface area contributed by atoms with E-state index in [2.05, 4.69) is 11.9 Å². The van der Waals surface area contributed by atoms with Gasteiger partial charge in [0, 0.05) is 19.2 Å². The summed E-state index contributed by atoms with van der Waals surface area (Å²) in [5, 5.41) is 11.3. The van der Waals surface area contributed by atoms with Crippen molar-refractivity contribution in [3.8, 4) is 0 Å². The molecule has 1 aromatic rings. The first-order chi connectivity index (χ1) is 8.58. The molecule has 1 saturated heterocycles. The Balaban J connectivity index is 2.30. The van der Waals surface area contributed by atoms with E-state index < -0.39 is 4.92 Å². The van der Waals surface area contributed by atoms with Crippen molar-refractivity contribution in [3.63, 3.8) is 0 Å². The molecular weight excluding hydrogens is 254 g/mol. The van der Waals surface area contributed by atoms with E-state index in [-0.39, 0.29) is 5.69 Å². The number of pyridine rings is 1. The van der Waals surface area contributed by atoms with Crippen LogP contribution in [0, 0.1) is 16.0 Å². The van der Waals surface area contributed by atoms with E-state index in [1.807, 2.05) is 4.90 Å². The molecule has 98 valence electrons. The lowest BCUT2D eigenvalue weighted by Gasteiger charge is -2.21. The fourth-order valence-corrected chi connectivity index (χ4v) is 2.41. The van der Waals surface area contributed by atoms with Crippen LogP contribution >= 0.6 is 11.6 Å². The zero-order chi connectivity index (χ0) is 13.1. The molecule has 1 aromatic heterocycles. The lowest BCUT2D eigenvalue weighted by Crippen LogP contribution is -2.26. The minimum atomic E-state index is -0.396. The van der Waals surface area contributed by atoms with Gasteiger partial charge in [0.2, 0.25) is 5.82 Å².